The summed E-state index contributed by atoms with van der Waals surface area (Å²) in [6, 6.07) is 13.6. The Hall–Kier alpha value is -3.26. The summed E-state index contributed by atoms with van der Waals surface area (Å²) < 4.78 is 4.92. The van der Waals surface area contributed by atoms with Gasteiger partial charge in [0, 0.05) is 30.0 Å². The molecule has 1 aliphatic rings. The number of fused-ring (bicyclic) bond motifs is 1. The number of ether oxygens (including phenoxy) is 1. The molecular formula is C23H23N3O4S. The van der Waals surface area contributed by atoms with Gasteiger partial charge in [-0.3, -0.25) is 9.59 Å². The molecule has 0 unspecified atom stereocenters. The Morgan fingerprint density at radius 1 is 1.13 bits per heavy atom. The second kappa shape index (κ2) is 9.26. The first-order valence-corrected chi connectivity index (χ1v) is 11.2. The smallest absolute Gasteiger partial charge is 0.357 e. The van der Waals surface area contributed by atoms with Crippen LogP contribution in [-0.2, 0) is 9.53 Å². The van der Waals surface area contributed by atoms with Gasteiger partial charge in [0.2, 0.25) is 5.91 Å². The van der Waals surface area contributed by atoms with E-state index < -0.39 is 5.97 Å². The van der Waals surface area contributed by atoms with Crippen LogP contribution in [0.5, 0.6) is 0 Å². The molecule has 0 spiro atoms. The third-order valence-electron chi connectivity index (χ3n) is 5.39. The minimum atomic E-state index is -0.500. The Kier molecular flexibility index (Phi) is 6.27. The summed E-state index contributed by atoms with van der Waals surface area (Å²) in [5, 5.41) is 6.71. The lowest BCUT2D eigenvalue weighted by Gasteiger charge is -2.31. The van der Waals surface area contributed by atoms with Gasteiger partial charge in [0.15, 0.2) is 10.8 Å². The Morgan fingerprint density at radius 2 is 1.87 bits per heavy atom. The molecular weight excluding hydrogens is 414 g/mol. The van der Waals surface area contributed by atoms with E-state index in [1.54, 1.807) is 12.3 Å². The average Bonchev–Trinajstić information content (AvgIpc) is 3.27. The van der Waals surface area contributed by atoms with Crippen molar-refractivity contribution in [2.45, 2.75) is 19.8 Å². The van der Waals surface area contributed by atoms with Gasteiger partial charge in [-0.15, -0.1) is 11.3 Å². The first kappa shape index (κ1) is 21.0. The van der Waals surface area contributed by atoms with Crippen molar-refractivity contribution in [1.29, 1.82) is 0 Å². The van der Waals surface area contributed by atoms with E-state index in [4.69, 9.17) is 4.74 Å². The average molecular weight is 438 g/mol. The van der Waals surface area contributed by atoms with Crippen molar-refractivity contribution in [3.63, 3.8) is 0 Å². The molecule has 1 fully saturated rings. The van der Waals surface area contributed by atoms with E-state index in [0.717, 1.165) is 10.8 Å². The topological polar surface area (TPSA) is 88.6 Å². The van der Waals surface area contributed by atoms with E-state index in [1.807, 2.05) is 47.4 Å². The Balaban J connectivity index is 1.35. The van der Waals surface area contributed by atoms with E-state index in [0.29, 0.717) is 36.6 Å². The van der Waals surface area contributed by atoms with Crippen LogP contribution in [0.4, 0.5) is 5.13 Å². The fourth-order valence-corrected chi connectivity index (χ4v) is 4.45. The summed E-state index contributed by atoms with van der Waals surface area (Å²) in [5.41, 5.74) is 0.882. The van der Waals surface area contributed by atoms with Crippen molar-refractivity contribution in [2.75, 3.05) is 25.0 Å². The highest BCUT2D eigenvalue weighted by molar-refractivity contribution is 7.14. The minimum absolute atomic E-state index is 0.00494. The van der Waals surface area contributed by atoms with Crippen LogP contribution in [0.3, 0.4) is 0 Å². The summed E-state index contributed by atoms with van der Waals surface area (Å²) in [6.07, 6.45) is 1.16. The maximum absolute atomic E-state index is 13.1. The fourth-order valence-electron chi connectivity index (χ4n) is 3.76. The largest absolute Gasteiger partial charge is 0.461 e. The van der Waals surface area contributed by atoms with Gasteiger partial charge in [-0.05, 0) is 36.6 Å². The van der Waals surface area contributed by atoms with E-state index in [1.165, 1.54) is 11.3 Å². The molecule has 2 amide bonds. The number of nitrogens with zero attached hydrogens (tertiary/aromatic N) is 2. The van der Waals surface area contributed by atoms with Crippen LogP contribution >= 0.6 is 11.3 Å². The molecule has 160 valence electrons. The van der Waals surface area contributed by atoms with E-state index in [-0.39, 0.29) is 30.0 Å². The summed E-state index contributed by atoms with van der Waals surface area (Å²) in [7, 11) is 0. The number of carbonyl (C=O) groups is 3. The number of carbonyl (C=O) groups excluding carboxylic acids is 3. The lowest BCUT2D eigenvalue weighted by Crippen LogP contribution is -2.41. The van der Waals surface area contributed by atoms with Crippen LogP contribution in [0.15, 0.2) is 47.8 Å². The van der Waals surface area contributed by atoms with Crippen molar-refractivity contribution < 1.29 is 19.1 Å². The van der Waals surface area contributed by atoms with Gasteiger partial charge < -0.3 is 15.0 Å². The summed E-state index contributed by atoms with van der Waals surface area (Å²) in [6.45, 7) is 3.04. The molecule has 0 atom stereocenters. The normalized spacial score (nSPS) is 14.4. The summed E-state index contributed by atoms with van der Waals surface area (Å²) >= 11 is 1.19. The number of nitrogens with one attached hydrogen (secondary N) is 1. The van der Waals surface area contributed by atoms with Crippen LogP contribution < -0.4 is 5.32 Å². The van der Waals surface area contributed by atoms with Gasteiger partial charge in [-0.2, -0.15) is 0 Å². The number of piperidine rings is 1. The minimum Gasteiger partial charge on any atom is -0.461 e. The van der Waals surface area contributed by atoms with Crippen LogP contribution in [-0.4, -0.2) is 47.4 Å². The number of benzene rings is 2. The Labute approximate surface area is 184 Å². The van der Waals surface area contributed by atoms with Crippen molar-refractivity contribution in [3.8, 4) is 0 Å². The zero-order chi connectivity index (χ0) is 21.8. The number of thiazole rings is 1. The maximum Gasteiger partial charge on any atom is 0.357 e. The SMILES string of the molecule is CCOC(=O)c1csc(NC(=O)C2CCN(C(=O)c3cccc4ccccc34)CC2)n1. The third kappa shape index (κ3) is 4.59. The van der Waals surface area contributed by atoms with E-state index in [2.05, 4.69) is 10.3 Å². The Bertz CT molecular complexity index is 1110. The van der Waals surface area contributed by atoms with Crippen LogP contribution in [0.1, 0.15) is 40.6 Å². The van der Waals surface area contributed by atoms with Crippen molar-refractivity contribution in [1.82, 2.24) is 9.88 Å². The summed E-state index contributed by atoms with van der Waals surface area (Å²) in [5.74, 6) is -0.845. The summed E-state index contributed by atoms with van der Waals surface area (Å²) in [4.78, 5) is 43.4. The zero-order valence-electron chi connectivity index (χ0n) is 17.2. The van der Waals surface area contributed by atoms with Crippen LogP contribution in [0.2, 0.25) is 0 Å². The molecule has 0 aliphatic carbocycles. The highest BCUT2D eigenvalue weighted by atomic mass is 32.1. The van der Waals surface area contributed by atoms with Gasteiger partial charge in [-0.25, -0.2) is 9.78 Å². The molecule has 4 rings (SSSR count). The van der Waals surface area contributed by atoms with Crippen LogP contribution in [0, 0.1) is 5.92 Å². The Morgan fingerprint density at radius 3 is 2.65 bits per heavy atom. The lowest BCUT2D eigenvalue weighted by molar-refractivity contribution is -0.121. The molecule has 1 saturated heterocycles. The molecule has 2 aromatic carbocycles. The molecule has 7 nitrogen and oxygen atoms in total. The van der Waals surface area contributed by atoms with Gasteiger partial charge in [0.05, 0.1) is 6.61 Å². The molecule has 2 heterocycles. The lowest BCUT2D eigenvalue weighted by atomic mass is 9.95. The number of likely N-dealkylation sites (tertiary alicyclic amines) is 1. The molecule has 0 radical (unpaired) electrons. The highest BCUT2D eigenvalue weighted by Gasteiger charge is 2.29. The van der Waals surface area contributed by atoms with Gasteiger partial charge in [0.1, 0.15) is 0 Å². The second-order valence-corrected chi connectivity index (χ2v) is 8.20. The third-order valence-corrected chi connectivity index (χ3v) is 6.15. The van der Waals surface area contributed by atoms with Gasteiger partial charge in [-0.1, -0.05) is 36.4 Å². The molecule has 8 heteroatoms. The molecule has 0 saturated carbocycles. The quantitative estimate of drug-likeness (QED) is 0.611. The highest BCUT2D eigenvalue weighted by Crippen LogP contribution is 2.25. The number of esters is 1. The number of aromatic nitrogens is 1. The van der Waals surface area contributed by atoms with Crippen molar-refractivity contribution >= 4 is 45.0 Å². The van der Waals surface area contributed by atoms with Crippen molar-refractivity contribution in [3.05, 3.63) is 59.1 Å². The number of rotatable bonds is 5. The maximum atomic E-state index is 13.1. The molecule has 1 N–H and O–H groups in total. The molecule has 0 bridgehead atoms. The standard InChI is InChI=1S/C23H23N3O4S/c1-2-30-22(29)19-14-31-23(24-19)25-20(27)16-10-12-26(13-11-16)21(28)18-9-5-7-15-6-3-4-8-17(15)18/h3-9,14,16H,2,10-13H2,1H3,(H,24,25,27). The predicted molar refractivity (Wildman–Crippen MR) is 119 cm³/mol. The zero-order valence-corrected chi connectivity index (χ0v) is 18.0. The molecule has 3 aromatic rings. The number of amides is 2. The predicted octanol–water partition coefficient (Wildman–Crippen LogP) is 3.96. The number of anilines is 1. The number of hydrogen-bond acceptors (Lipinski definition) is 6. The molecule has 31 heavy (non-hydrogen) atoms. The molecule has 1 aliphatic heterocycles. The number of hydrogen-bond donors (Lipinski definition) is 1. The van der Waals surface area contributed by atoms with E-state index in [9.17, 15) is 14.4 Å². The van der Waals surface area contributed by atoms with E-state index >= 15 is 0 Å². The first-order chi connectivity index (χ1) is 15.1. The van der Waals surface area contributed by atoms with Gasteiger partial charge in [0.25, 0.3) is 5.91 Å². The van der Waals surface area contributed by atoms with Crippen molar-refractivity contribution in [2.24, 2.45) is 5.92 Å². The first-order valence-electron chi connectivity index (χ1n) is 10.3. The monoisotopic (exact) mass is 437 g/mol. The van der Waals surface area contributed by atoms with Gasteiger partial charge >= 0.3 is 5.97 Å². The van der Waals surface area contributed by atoms with Crippen LogP contribution in [0.25, 0.3) is 10.8 Å². The molecule has 1 aromatic heterocycles. The second-order valence-electron chi connectivity index (χ2n) is 7.34. The fraction of sp³-hybridized carbons (Fsp3) is 0.304.